The fourth-order valence-electron chi connectivity index (χ4n) is 3.11. The molecule has 3 aromatic rings. The van der Waals surface area contributed by atoms with Crippen LogP contribution in [0.4, 0.5) is 0 Å². The van der Waals surface area contributed by atoms with Gasteiger partial charge in [-0.2, -0.15) is 10.2 Å². The average molecular weight is 337 g/mol. The minimum Gasteiger partial charge on any atom is -0.306 e. The van der Waals surface area contributed by atoms with E-state index in [1.807, 2.05) is 40.8 Å². The van der Waals surface area contributed by atoms with Crippen molar-refractivity contribution in [1.82, 2.24) is 24.9 Å². The number of aromatic nitrogens is 4. The third-order valence-corrected chi connectivity index (χ3v) is 4.46. The van der Waals surface area contributed by atoms with Crippen LogP contribution in [0.25, 0.3) is 5.69 Å². The largest absolute Gasteiger partial charge is 0.306 e. The Hall–Kier alpha value is -2.40. The van der Waals surface area contributed by atoms with E-state index in [-0.39, 0.29) is 0 Å². The topological polar surface area (TPSA) is 47.7 Å². The molecule has 0 aliphatic heterocycles. The first-order chi connectivity index (χ1) is 12.1. The second-order valence-corrected chi connectivity index (χ2v) is 6.76. The normalized spacial score (nSPS) is 12.7. The van der Waals surface area contributed by atoms with Gasteiger partial charge in [-0.3, -0.25) is 4.68 Å². The Morgan fingerprint density at radius 2 is 1.88 bits per heavy atom. The van der Waals surface area contributed by atoms with Crippen LogP contribution in [0.15, 0.2) is 48.9 Å². The summed E-state index contributed by atoms with van der Waals surface area (Å²) in [5.41, 5.74) is 4.72. The molecule has 2 heterocycles. The van der Waals surface area contributed by atoms with E-state index in [0.717, 1.165) is 24.3 Å². The Balaban J connectivity index is 1.80. The monoisotopic (exact) mass is 337 g/mol. The minimum absolute atomic E-state index is 0.300. The highest BCUT2D eigenvalue weighted by atomic mass is 15.3. The summed E-state index contributed by atoms with van der Waals surface area (Å²) in [6, 6.07) is 10.6. The van der Waals surface area contributed by atoms with Crippen molar-refractivity contribution in [3.63, 3.8) is 0 Å². The maximum Gasteiger partial charge on any atom is 0.0699 e. The zero-order chi connectivity index (χ0) is 17.8. The van der Waals surface area contributed by atoms with E-state index in [1.165, 1.54) is 11.1 Å². The lowest BCUT2D eigenvalue weighted by Crippen LogP contribution is -2.20. The summed E-state index contributed by atoms with van der Waals surface area (Å²) in [6.45, 7) is 7.38. The smallest absolute Gasteiger partial charge is 0.0699 e. The molecule has 0 unspecified atom stereocenters. The van der Waals surface area contributed by atoms with E-state index in [2.05, 4.69) is 55.7 Å². The SMILES string of the molecule is CC[C@@H](NCc1cn(-c2ccccc2)nc1C(C)C)c1cnn(C)c1. The van der Waals surface area contributed by atoms with E-state index < -0.39 is 0 Å². The lowest BCUT2D eigenvalue weighted by molar-refractivity contribution is 0.516. The average Bonchev–Trinajstić information content (AvgIpc) is 3.23. The van der Waals surface area contributed by atoms with Crippen molar-refractivity contribution in [1.29, 1.82) is 0 Å². The number of benzene rings is 1. The van der Waals surface area contributed by atoms with E-state index in [1.54, 1.807) is 0 Å². The summed E-state index contributed by atoms with van der Waals surface area (Å²) in [6.07, 6.45) is 7.19. The summed E-state index contributed by atoms with van der Waals surface area (Å²) < 4.78 is 3.84. The molecule has 0 radical (unpaired) electrons. The standard InChI is InChI=1S/C20H27N5/c1-5-19(16-12-22-24(4)13-16)21-11-17-14-25(23-20(17)15(2)3)18-9-7-6-8-10-18/h6-10,12-15,19,21H,5,11H2,1-4H3/t19-/m1/s1. The number of rotatable bonds is 7. The Morgan fingerprint density at radius 1 is 1.12 bits per heavy atom. The van der Waals surface area contributed by atoms with Crippen molar-refractivity contribution < 1.29 is 0 Å². The van der Waals surface area contributed by atoms with Crippen LogP contribution in [0.3, 0.4) is 0 Å². The molecule has 0 aliphatic carbocycles. The van der Waals surface area contributed by atoms with Crippen LogP contribution in [-0.4, -0.2) is 19.6 Å². The molecule has 0 saturated heterocycles. The number of nitrogens with zero attached hydrogens (tertiary/aromatic N) is 4. The van der Waals surface area contributed by atoms with Gasteiger partial charge in [0.1, 0.15) is 0 Å². The number of aryl methyl sites for hydroxylation is 1. The van der Waals surface area contributed by atoms with Gasteiger partial charge in [0.05, 0.1) is 17.6 Å². The van der Waals surface area contributed by atoms with Crippen molar-refractivity contribution in [2.24, 2.45) is 7.05 Å². The van der Waals surface area contributed by atoms with Crippen LogP contribution < -0.4 is 5.32 Å². The Labute approximate surface area is 149 Å². The molecule has 1 aromatic carbocycles. The molecule has 0 spiro atoms. The van der Waals surface area contributed by atoms with Crippen LogP contribution in [0.2, 0.25) is 0 Å². The van der Waals surface area contributed by atoms with Gasteiger partial charge >= 0.3 is 0 Å². The Morgan fingerprint density at radius 3 is 2.48 bits per heavy atom. The third kappa shape index (κ3) is 3.99. The van der Waals surface area contributed by atoms with Gasteiger partial charge in [0.15, 0.2) is 0 Å². The second kappa shape index (κ2) is 7.66. The lowest BCUT2D eigenvalue weighted by atomic mass is 10.0. The van der Waals surface area contributed by atoms with Crippen LogP contribution in [0.5, 0.6) is 0 Å². The van der Waals surface area contributed by atoms with E-state index in [9.17, 15) is 0 Å². The summed E-state index contributed by atoms with van der Waals surface area (Å²) in [5, 5.41) is 12.8. The molecule has 1 N–H and O–H groups in total. The van der Waals surface area contributed by atoms with Gasteiger partial charge in [-0.05, 0) is 24.5 Å². The van der Waals surface area contributed by atoms with Crippen LogP contribution in [0.1, 0.15) is 56.0 Å². The van der Waals surface area contributed by atoms with Gasteiger partial charge in [0.2, 0.25) is 0 Å². The maximum absolute atomic E-state index is 4.82. The predicted molar refractivity (Wildman–Crippen MR) is 101 cm³/mol. The molecule has 0 amide bonds. The molecule has 0 fully saturated rings. The molecule has 1 atom stereocenters. The zero-order valence-corrected chi connectivity index (χ0v) is 15.5. The molecule has 0 saturated carbocycles. The third-order valence-electron chi connectivity index (χ3n) is 4.46. The Kier molecular flexibility index (Phi) is 5.34. The molecule has 0 bridgehead atoms. The fourth-order valence-corrected chi connectivity index (χ4v) is 3.11. The van der Waals surface area contributed by atoms with Crippen molar-refractivity contribution in [2.75, 3.05) is 0 Å². The Bertz CT molecular complexity index is 801. The minimum atomic E-state index is 0.300. The highest BCUT2D eigenvalue weighted by molar-refractivity contribution is 5.33. The van der Waals surface area contributed by atoms with Gasteiger partial charge in [0.25, 0.3) is 0 Å². The van der Waals surface area contributed by atoms with Crippen LogP contribution in [-0.2, 0) is 13.6 Å². The molecule has 2 aromatic heterocycles. The quantitative estimate of drug-likeness (QED) is 0.709. The number of para-hydroxylation sites is 1. The first-order valence-corrected chi connectivity index (χ1v) is 8.94. The lowest BCUT2D eigenvalue weighted by Gasteiger charge is -2.15. The van der Waals surface area contributed by atoms with E-state index in [4.69, 9.17) is 5.10 Å². The molecular weight excluding hydrogens is 310 g/mol. The fraction of sp³-hybridized carbons (Fsp3) is 0.400. The maximum atomic E-state index is 4.82. The van der Waals surface area contributed by atoms with Crippen molar-refractivity contribution in [3.05, 3.63) is 65.7 Å². The molecule has 25 heavy (non-hydrogen) atoms. The molecule has 3 rings (SSSR count). The van der Waals surface area contributed by atoms with Gasteiger partial charge in [0, 0.05) is 43.2 Å². The number of hydrogen-bond donors (Lipinski definition) is 1. The summed E-state index contributed by atoms with van der Waals surface area (Å²) >= 11 is 0. The van der Waals surface area contributed by atoms with Crippen molar-refractivity contribution in [2.45, 2.75) is 45.7 Å². The molecule has 5 nitrogen and oxygen atoms in total. The molecule has 132 valence electrons. The van der Waals surface area contributed by atoms with Crippen LogP contribution in [0, 0.1) is 0 Å². The molecule has 5 heteroatoms. The molecular formula is C20H27N5. The zero-order valence-electron chi connectivity index (χ0n) is 15.5. The predicted octanol–water partition coefficient (Wildman–Crippen LogP) is 3.97. The first-order valence-electron chi connectivity index (χ1n) is 8.94. The van der Waals surface area contributed by atoms with Gasteiger partial charge in [-0.15, -0.1) is 0 Å². The van der Waals surface area contributed by atoms with E-state index >= 15 is 0 Å². The number of hydrogen-bond acceptors (Lipinski definition) is 3. The van der Waals surface area contributed by atoms with E-state index in [0.29, 0.717) is 12.0 Å². The second-order valence-electron chi connectivity index (χ2n) is 6.76. The van der Waals surface area contributed by atoms with Gasteiger partial charge in [-0.25, -0.2) is 4.68 Å². The highest BCUT2D eigenvalue weighted by Crippen LogP contribution is 2.22. The summed E-state index contributed by atoms with van der Waals surface area (Å²) in [7, 11) is 1.96. The molecule has 0 aliphatic rings. The highest BCUT2D eigenvalue weighted by Gasteiger charge is 2.16. The van der Waals surface area contributed by atoms with Crippen LogP contribution >= 0.6 is 0 Å². The van der Waals surface area contributed by atoms with Crippen molar-refractivity contribution in [3.8, 4) is 5.69 Å². The van der Waals surface area contributed by atoms with Gasteiger partial charge < -0.3 is 5.32 Å². The first kappa shape index (κ1) is 17.4. The summed E-state index contributed by atoms with van der Waals surface area (Å²) in [4.78, 5) is 0. The number of nitrogens with one attached hydrogen (secondary N) is 1. The summed E-state index contributed by atoms with van der Waals surface area (Å²) in [5.74, 6) is 0.389. The van der Waals surface area contributed by atoms with Crippen molar-refractivity contribution >= 4 is 0 Å². The van der Waals surface area contributed by atoms with Gasteiger partial charge in [-0.1, -0.05) is 39.0 Å².